The number of piperidine rings is 3. The molecule has 0 aromatic rings. The molecule has 4 rings (SSSR count). The average molecular weight is 1050 g/mol. The fraction of sp³-hybridized carbons (Fsp3) is 1.00. The zero-order chi connectivity index (χ0) is 54.8. The van der Waals surface area contributed by atoms with Gasteiger partial charge in [-0.05, 0) is 191 Å². The van der Waals surface area contributed by atoms with Gasteiger partial charge >= 0.3 is 0 Å². The van der Waals surface area contributed by atoms with Gasteiger partial charge in [-0.3, -0.25) is 0 Å². The van der Waals surface area contributed by atoms with E-state index in [4.69, 9.17) is 35.4 Å². The van der Waals surface area contributed by atoms with Crippen molar-refractivity contribution in [1.82, 2.24) is 24.5 Å². The molecule has 0 radical (unpaired) electrons. The predicted octanol–water partition coefficient (Wildman–Crippen LogP) is 7.63. The fourth-order valence-electron chi connectivity index (χ4n) is 6.41. The second kappa shape index (κ2) is 72.4. The number of ether oxygens (including phenoxy) is 5. The highest BCUT2D eigenvalue weighted by Gasteiger charge is 2.13. The van der Waals surface area contributed by atoms with Gasteiger partial charge in [0.1, 0.15) is 12.2 Å². The Kier molecular flexibility index (Phi) is 88.5. The summed E-state index contributed by atoms with van der Waals surface area (Å²) in [7, 11) is 20.8. The van der Waals surface area contributed by atoms with Crippen molar-refractivity contribution in [3.8, 4) is 0 Å². The lowest BCUT2D eigenvalue weighted by molar-refractivity contribution is -0.0270. The third kappa shape index (κ3) is 80.7. The van der Waals surface area contributed by atoms with Gasteiger partial charge in [-0.25, -0.2) is 0 Å². The number of aliphatic hydroxyl groups is 6. The quantitative estimate of drug-likeness (QED) is 0.0787. The van der Waals surface area contributed by atoms with Crippen molar-refractivity contribution in [3.63, 3.8) is 0 Å². The van der Waals surface area contributed by atoms with Crippen LogP contribution in [-0.2, 0) is 23.7 Å². The molecule has 16 heteroatoms. The van der Waals surface area contributed by atoms with Crippen molar-refractivity contribution >= 4 is 0 Å². The Labute approximate surface area is 449 Å². The monoisotopic (exact) mass is 1050 g/mol. The van der Waals surface area contributed by atoms with E-state index in [2.05, 4.69) is 99.6 Å². The number of likely N-dealkylation sites (tertiary alicyclic amines) is 4. The Morgan fingerprint density at radius 2 is 0.611 bits per heavy atom. The Balaban J connectivity index is -0.000000105. The van der Waals surface area contributed by atoms with Crippen LogP contribution in [0.5, 0.6) is 0 Å². The number of rotatable bonds is 18. The normalized spacial score (nSPS) is 18.0. The van der Waals surface area contributed by atoms with Crippen molar-refractivity contribution < 1.29 is 54.3 Å². The molecule has 0 aromatic heterocycles. The lowest BCUT2D eigenvalue weighted by Crippen LogP contribution is -2.29. The first-order valence-corrected chi connectivity index (χ1v) is 27.2. The van der Waals surface area contributed by atoms with E-state index in [1.54, 1.807) is 21.3 Å². The first-order chi connectivity index (χ1) is 33.3. The number of nitrogens with zero attached hydrogens (tertiary/aromatic N) is 5. The molecule has 0 saturated carbocycles. The summed E-state index contributed by atoms with van der Waals surface area (Å²) in [6.07, 6.45) is 17.4. The van der Waals surface area contributed by atoms with Gasteiger partial charge in [0.25, 0.3) is 0 Å². The largest absolute Gasteiger partial charge is 0.391 e. The minimum Gasteiger partial charge on any atom is -0.391 e. The molecule has 448 valence electrons. The molecule has 72 heavy (non-hydrogen) atoms. The van der Waals surface area contributed by atoms with Crippen LogP contribution in [0.15, 0.2) is 0 Å². The molecule has 0 spiro atoms. The van der Waals surface area contributed by atoms with Crippen molar-refractivity contribution in [3.05, 3.63) is 0 Å². The molecule has 4 saturated heterocycles. The van der Waals surface area contributed by atoms with Gasteiger partial charge in [-0.15, -0.1) is 0 Å². The summed E-state index contributed by atoms with van der Waals surface area (Å²) in [6, 6.07) is 0. The Hall–Kier alpha value is -0.640. The second-order valence-electron chi connectivity index (χ2n) is 18.9. The van der Waals surface area contributed by atoms with E-state index in [-0.39, 0.29) is 40.3 Å². The molecule has 0 amide bonds. The van der Waals surface area contributed by atoms with Gasteiger partial charge in [0.2, 0.25) is 0 Å². The Morgan fingerprint density at radius 3 is 0.694 bits per heavy atom. The van der Waals surface area contributed by atoms with Crippen LogP contribution in [0, 0.1) is 0 Å². The van der Waals surface area contributed by atoms with E-state index >= 15 is 0 Å². The van der Waals surface area contributed by atoms with Crippen LogP contribution in [0.2, 0.25) is 0 Å². The van der Waals surface area contributed by atoms with Gasteiger partial charge in [0, 0.05) is 42.2 Å². The van der Waals surface area contributed by atoms with Crippen molar-refractivity contribution in [2.24, 2.45) is 0 Å². The maximum Gasteiger partial charge on any atom is 0.103 e. The first kappa shape index (κ1) is 88.0. The standard InChI is InChI=1S/3C6H13N.2C6H14O3.C5H11N.C5H13N.2C5H12O2.C4H10O.2CH4/c3*1-7-5-3-2-4-6-7;2*1-3-5(7)6(8)4-9-2;1-6-4-2-3-5-6;1-4-5-6(2)3;2*1-3-5(6)4-7-2;1-3-4-5-2;;/h3*2-6H2,1H3;2*5-8H,3-4H2,1-2H3;2-5H2,1H3;4-5H2,1-3H3;2*5-6H,3-4H2,1-2H3;3-4H2,1-2H3;2*1H4/t;;;2*5-,6-;;;2*5-;;;/m...10..10.../s1. The van der Waals surface area contributed by atoms with Crippen LogP contribution >= 0.6 is 0 Å². The van der Waals surface area contributed by atoms with Crippen LogP contribution in [0.1, 0.15) is 166 Å². The van der Waals surface area contributed by atoms with Gasteiger partial charge < -0.3 is 78.8 Å². The molecule has 4 aliphatic rings. The zero-order valence-corrected chi connectivity index (χ0v) is 49.3. The molecule has 4 heterocycles. The van der Waals surface area contributed by atoms with E-state index in [9.17, 15) is 0 Å². The van der Waals surface area contributed by atoms with Crippen LogP contribution in [0.25, 0.3) is 0 Å². The summed E-state index contributed by atoms with van der Waals surface area (Å²) in [4.78, 5) is 11.7. The predicted molar refractivity (Wildman–Crippen MR) is 310 cm³/mol. The molecule has 16 nitrogen and oxygen atoms in total. The lowest BCUT2D eigenvalue weighted by atomic mass is 10.1. The summed E-state index contributed by atoms with van der Waals surface area (Å²) < 4.78 is 23.2. The smallest absolute Gasteiger partial charge is 0.103 e. The van der Waals surface area contributed by atoms with Gasteiger partial charge in [-0.1, -0.05) is 75.7 Å². The molecule has 6 N–H and O–H groups in total. The van der Waals surface area contributed by atoms with E-state index in [0.717, 1.165) is 25.9 Å². The number of methoxy groups -OCH3 is 5. The van der Waals surface area contributed by atoms with Crippen LogP contribution in [0.4, 0.5) is 0 Å². The number of hydrogen-bond donors (Lipinski definition) is 6. The topological polar surface area (TPSA) is 184 Å². The van der Waals surface area contributed by atoms with Crippen LogP contribution in [0.3, 0.4) is 0 Å². The first-order valence-electron chi connectivity index (χ1n) is 27.2. The van der Waals surface area contributed by atoms with E-state index in [0.29, 0.717) is 26.1 Å². The third-order valence-corrected chi connectivity index (χ3v) is 11.2. The van der Waals surface area contributed by atoms with E-state index < -0.39 is 24.4 Å². The van der Waals surface area contributed by atoms with Gasteiger partial charge in [-0.2, -0.15) is 0 Å². The van der Waals surface area contributed by atoms with Gasteiger partial charge in [0.05, 0.1) is 50.8 Å². The highest BCUT2D eigenvalue weighted by atomic mass is 16.5. The summed E-state index contributed by atoms with van der Waals surface area (Å²) in [5.41, 5.74) is 0. The minimum absolute atomic E-state index is 0. The lowest BCUT2D eigenvalue weighted by Gasteiger charge is -2.20. The summed E-state index contributed by atoms with van der Waals surface area (Å²) in [6.45, 7) is 25.7. The minimum atomic E-state index is -0.736. The Morgan fingerprint density at radius 1 is 0.361 bits per heavy atom. The molecule has 4 aliphatic heterocycles. The van der Waals surface area contributed by atoms with E-state index in [1.165, 1.54) is 150 Å². The summed E-state index contributed by atoms with van der Waals surface area (Å²) in [5.74, 6) is 0. The molecule has 0 bridgehead atoms. The average Bonchev–Trinajstić information content (AvgIpc) is 3.84. The van der Waals surface area contributed by atoms with Crippen LogP contribution in [-0.4, -0.2) is 262 Å². The van der Waals surface area contributed by atoms with Crippen molar-refractivity contribution in [1.29, 1.82) is 0 Å². The highest BCUT2D eigenvalue weighted by Crippen LogP contribution is 2.06. The van der Waals surface area contributed by atoms with Crippen molar-refractivity contribution in [2.45, 2.75) is 202 Å². The molecule has 4 fully saturated rings. The van der Waals surface area contributed by atoms with Gasteiger partial charge in [0.15, 0.2) is 0 Å². The maximum atomic E-state index is 8.94. The number of hydrogen-bond acceptors (Lipinski definition) is 16. The summed E-state index contributed by atoms with van der Waals surface area (Å²) in [5, 5.41) is 53.2. The third-order valence-electron chi connectivity index (χ3n) is 11.2. The fourth-order valence-corrected chi connectivity index (χ4v) is 6.41. The number of aliphatic hydroxyl groups excluding tert-OH is 6. The maximum absolute atomic E-state index is 8.94. The second-order valence-corrected chi connectivity index (χ2v) is 18.9. The molecule has 0 unspecified atom stereocenters. The van der Waals surface area contributed by atoms with E-state index in [1.807, 2.05) is 27.7 Å². The molecule has 6 atom stereocenters. The summed E-state index contributed by atoms with van der Waals surface area (Å²) >= 11 is 0. The van der Waals surface area contributed by atoms with Crippen LogP contribution < -0.4 is 0 Å². The Bertz CT molecular complexity index is 810. The molecule has 0 aromatic carbocycles. The van der Waals surface area contributed by atoms with Crippen molar-refractivity contribution in [2.75, 3.05) is 170 Å². The molecular weight excluding hydrogens is 919 g/mol. The zero-order valence-electron chi connectivity index (χ0n) is 49.3. The molecule has 0 aliphatic carbocycles. The highest BCUT2D eigenvalue weighted by molar-refractivity contribution is 4.64. The molecular formula is C56H133N5O11. The SMILES string of the molecule is C.C.CCCN(C)C.CCCOC.CC[C@@H](O)COC.CC[C@@H](O)[C@H](O)COC.CC[C@H](O)COC.CC[C@H](O)[C@@H](O)COC.CN1CCCC1.CN1CCCCC1.CN1CCCCC1.CN1CCCCC1.